The molecule has 2 unspecified atom stereocenters. The molecule has 0 saturated carbocycles. The van der Waals surface area contributed by atoms with E-state index >= 15 is 0 Å². The van der Waals surface area contributed by atoms with Crippen LogP contribution in [0.5, 0.6) is 5.75 Å². The number of likely N-dealkylation sites (tertiary alicyclic amines) is 1. The van der Waals surface area contributed by atoms with Crippen molar-refractivity contribution in [2.75, 3.05) is 26.2 Å². The molecule has 1 heterocycles. The highest BCUT2D eigenvalue weighted by molar-refractivity contribution is 5.39. The van der Waals surface area contributed by atoms with Gasteiger partial charge in [0.1, 0.15) is 12.4 Å². The van der Waals surface area contributed by atoms with E-state index in [9.17, 15) is 0 Å². The molecule has 3 heteroatoms. The first-order valence-electron chi connectivity index (χ1n) is 7.85. The van der Waals surface area contributed by atoms with Gasteiger partial charge in [0.15, 0.2) is 0 Å². The first-order valence-corrected chi connectivity index (χ1v) is 7.85. The summed E-state index contributed by atoms with van der Waals surface area (Å²) in [6.07, 6.45) is 2.60. The molecule has 1 aliphatic rings. The molecule has 0 amide bonds. The van der Waals surface area contributed by atoms with E-state index in [2.05, 4.69) is 30.6 Å². The lowest BCUT2D eigenvalue weighted by Gasteiger charge is -2.36. The average Bonchev–Trinajstić information content (AvgIpc) is 2.48. The van der Waals surface area contributed by atoms with Gasteiger partial charge in [0.05, 0.1) is 6.54 Å². The Hall–Kier alpha value is -1.50. The molecule has 0 radical (unpaired) electrons. The second kappa shape index (κ2) is 8.07. The van der Waals surface area contributed by atoms with Crippen molar-refractivity contribution in [2.24, 2.45) is 11.7 Å². The van der Waals surface area contributed by atoms with E-state index in [-0.39, 0.29) is 0 Å². The van der Waals surface area contributed by atoms with Crippen LogP contribution in [0.15, 0.2) is 24.3 Å². The predicted octanol–water partition coefficient (Wildman–Crippen LogP) is 2.50. The lowest BCUT2D eigenvalue weighted by molar-refractivity contribution is 0.109. The zero-order chi connectivity index (χ0) is 15.1. The second-order valence-electron chi connectivity index (χ2n) is 5.90. The first kappa shape index (κ1) is 15.9. The van der Waals surface area contributed by atoms with Gasteiger partial charge in [-0.15, -0.1) is 0 Å². The van der Waals surface area contributed by atoms with Gasteiger partial charge < -0.3 is 10.5 Å². The summed E-state index contributed by atoms with van der Waals surface area (Å²) < 4.78 is 5.86. The van der Waals surface area contributed by atoms with E-state index < -0.39 is 0 Å². The van der Waals surface area contributed by atoms with E-state index in [1.165, 1.54) is 19.4 Å². The van der Waals surface area contributed by atoms with Crippen LogP contribution < -0.4 is 10.5 Å². The summed E-state index contributed by atoms with van der Waals surface area (Å²) in [7, 11) is 0. The molecule has 21 heavy (non-hydrogen) atoms. The largest absolute Gasteiger partial charge is 0.492 e. The minimum atomic E-state index is 0.385. The van der Waals surface area contributed by atoms with Gasteiger partial charge >= 0.3 is 0 Å². The molecule has 1 aliphatic heterocycles. The smallest absolute Gasteiger partial charge is 0.120 e. The normalized spacial score (nSPS) is 22.4. The molecule has 0 aromatic heterocycles. The summed E-state index contributed by atoms with van der Waals surface area (Å²) in [5.74, 6) is 7.64. The molecule has 114 valence electrons. The molecule has 2 rings (SSSR count). The van der Waals surface area contributed by atoms with Gasteiger partial charge in [0, 0.05) is 18.2 Å². The minimum absolute atomic E-state index is 0.385. The number of hydrogen-bond donors (Lipinski definition) is 1. The highest BCUT2D eigenvalue weighted by atomic mass is 16.5. The molecular formula is C18H26N2O. The number of nitrogens with zero attached hydrogens (tertiary/aromatic N) is 1. The lowest BCUT2D eigenvalue weighted by Crippen LogP contribution is -2.42. The zero-order valence-corrected chi connectivity index (χ0v) is 13.1. The maximum atomic E-state index is 5.86. The predicted molar refractivity (Wildman–Crippen MR) is 87.3 cm³/mol. The van der Waals surface area contributed by atoms with Crippen molar-refractivity contribution in [3.05, 3.63) is 29.8 Å². The summed E-state index contributed by atoms with van der Waals surface area (Å²) in [4.78, 5) is 2.53. The number of hydrogen-bond acceptors (Lipinski definition) is 3. The highest BCUT2D eigenvalue weighted by Gasteiger charge is 2.22. The quantitative estimate of drug-likeness (QED) is 0.864. The number of nitrogens with two attached hydrogens (primary N) is 1. The average molecular weight is 286 g/mol. The van der Waals surface area contributed by atoms with Crippen LogP contribution in [0.4, 0.5) is 0 Å². The topological polar surface area (TPSA) is 38.5 Å². The molecule has 1 saturated heterocycles. The molecule has 1 fully saturated rings. The Morgan fingerprint density at radius 1 is 1.38 bits per heavy atom. The number of ether oxygens (including phenoxy) is 1. The van der Waals surface area contributed by atoms with Gasteiger partial charge in [0.2, 0.25) is 0 Å². The van der Waals surface area contributed by atoms with Crippen molar-refractivity contribution in [1.82, 2.24) is 4.90 Å². The Morgan fingerprint density at radius 3 is 3.00 bits per heavy atom. The van der Waals surface area contributed by atoms with Crippen molar-refractivity contribution >= 4 is 0 Å². The third kappa shape index (κ3) is 5.08. The van der Waals surface area contributed by atoms with Gasteiger partial charge in [-0.1, -0.05) is 24.8 Å². The molecule has 3 nitrogen and oxygen atoms in total. The molecule has 0 bridgehead atoms. The summed E-state index contributed by atoms with van der Waals surface area (Å²) >= 11 is 0. The van der Waals surface area contributed by atoms with Gasteiger partial charge in [-0.25, -0.2) is 0 Å². The number of rotatable bonds is 4. The Kier molecular flexibility index (Phi) is 6.10. The fraction of sp³-hybridized carbons (Fsp3) is 0.556. The van der Waals surface area contributed by atoms with Crippen LogP contribution in [0.2, 0.25) is 0 Å². The Bertz CT molecular complexity index is 503. The summed E-state index contributed by atoms with van der Waals surface area (Å²) in [6, 6.07) is 8.57. The molecule has 2 atom stereocenters. The van der Waals surface area contributed by atoms with Gasteiger partial charge in [-0.05, 0) is 50.4 Å². The summed E-state index contributed by atoms with van der Waals surface area (Å²) in [5.41, 5.74) is 6.35. The molecule has 2 N–H and O–H groups in total. The van der Waals surface area contributed by atoms with Crippen LogP contribution in [-0.2, 0) is 0 Å². The summed E-state index contributed by atoms with van der Waals surface area (Å²) in [6.45, 7) is 7.96. The van der Waals surface area contributed by atoms with Crippen LogP contribution in [0.3, 0.4) is 0 Å². The molecular weight excluding hydrogens is 260 g/mol. The minimum Gasteiger partial charge on any atom is -0.492 e. The van der Waals surface area contributed by atoms with Gasteiger partial charge in [-0.2, -0.15) is 0 Å². The Morgan fingerprint density at radius 2 is 2.24 bits per heavy atom. The standard InChI is InChI=1S/C18H26N2O/c1-15-8-10-20(16(2)13-15)11-12-21-18-7-3-5-17(14-18)6-4-9-19/h3,5,7,14-16H,8-13,19H2,1-2H3. The fourth-order valence-corrected chi connectivity index (χ4v) is 2.89. The second-order valence-corrected chi connectivity index (χ2v) is 5.90. The van der Waals surface area contributed by atoms with Crippen molar-refractivity contribution in [3.8, 4) is 17.6 Å². The Balaban J connectivity index is 1.80. The molecule has 0 spiro atoms. The Labute approximate surface area is 128 Å². The van der Waals surface area contributed by atoms with Crippen LogP contribution in [0.1, 0.15) is 32.3 Å². The SMILES string of the molecule is CC1CCN(CCOc2cccc(C#CCN)c2)C(C)C1. The van der Waals surface area contributed by atoms with Crippen molar-refractivity contribution < 1.29 is 4.74 Å². The van der Waals surface area contributed by atoms with Crippen LogP contribution >= 0.6 is 0 Å². The lowest BCUT2D eigenvalue weighted by atomic mass is 9.93. The van der Waals surface area contributed by atoms with Crippen LogP contribution in [0, 0.1) is 17.8 Å². The van der Waals surface area contributed by atoms with E-state index in [1.807, 2.05) is 24.3 Å². The molecule has 1 aromatic carbocycles. The van der Waals surface area contributed by atoms with E-state index in [4.69, 9.17) is 10.5 Å². The van der Waals surface area contributed by atoms with Crippen molar-refractivity contribution in [1.29, 1.82) is 0 Å². The third-order valence-electron chi connectivity index (χ3n) is 4.09. The van der Waals surface area contributed by atoms with Crippen molar-refractivity contribution in [2.45, 2.75) is 32.7 Å². The number of benzene rings is 1. The number of piperidine rings is 1. The van der Waals surface area contributed by atoms with Gasteiger partial charge in [0.25, 0.3) is 0 Å². The highest BCUT2D eigenvalue weighted by Crippen LogP contribution is 2.21. The van der Waals surface area contributed by atoms with E-state index in [0.29, 0.717) is 12.6 Å². The fourth-order valence-electron chi connectivity index (χ4n) is 2.89. The van der Waals surface area contributed by atoms with Crippen LogP contribution in [-0.4, -0.2) is 37.2 Å². The van der Waals surface area contributed by atoms with Gasteiger partial charge in [-0.3, -0.25) is 4.90 Å². The molecule has 1 aromatic rings. The maximum absolute atomic E-state index is 5.86. The van der Waals surface area contributed by atoms with E-state index in [1.54, 1.807) is 0 Å². The van der Waals surface area contributed by atoms with E-state index in [0.717, 1.165) is 30.4 Å². The monoisotopic (exact) mass is 286 g/mol. The third-order valence-corrected chi connectivity index (χ3v) is 4.09. The summed E-state index contributed by atoms with van der Waals surface area (Å²) in [5, 5.41) is 0. The van der Waals surface area contributed by atoms with Crippen LogP contribution in [0.25, 0.3) is 0 Å². The van der Waals surface area contributed by atoms with Crippen molar-refractivity contribution in [3.63, 3.8) is 0 Å². The first-order chi connectivity index (χ1) is 10.2. The zero-order valence-electron chi connectivity index (χ0n) is 13.1. The molecule has 0 aliphatic carbocycles. The maximum Gasteiger partial charge on any atom is 0.120 e.